The number of aromatic nitrogens is 3. The molecular weight excluding hydrogens is 298 g/mol. The van der Waals surface area contributed by atoms with Crippen LogP contribution in [0, 0.1) is 10.1 Å². The van der Waals surface area contributed by atoms with Gasteiger partial charge in [-0.25, -0.2) is 4.98 Å². The third-order valence-corrected chi connectivity index (χ3v) is 2.98. The number of aromatic amines is 1. The average molecular weight is 310 g/mol. The molecule has 1 aromatic heterocycles. The van der Waals surface area contributed by atoms with Crippen LogP contribution in [-0.2, 0) is 6.42 Å². The fraction of sp³-hybridized carbons (Fsp3) is 0.250. The number of nitro benzene ring substituents is 1. The lowest BCUT2D eigenvalue weighted by Crippen LogP contribution is -2.25. The molecule has 0 spiro atoms. The van der Waals surface area contributed by atoms with E-state index in [2.05, 4.69) is 20.5 Å². The van der Waals surface area contributed by atoms with Gasteiger partial charge in [0.15, 0.2) is 0 Å². The number of nitrogens with zero attached hydrogens (tertiary/aromatic N) is 3. The van der Waals surface area contributed by atoms with Crippen LogP contribution in [0.5, 0.6) is 0 Å². The van der Waals surface area contributed by atoms with E-state index in [-0.39, 0.29) is 16.3 Å². The first kappa shape index (κ1) is 14.9. The lowest BCUT2D eigenvalue weighted by atomic mass is 10.1. The van der Waals surface area contributed by atoms with Gasteiger partial charge in [0.2, 0.25) is 0 Å². The summed E-state index contributed by atoms with van der Waals surface area (Å²) in [6, 6.07) is 3.87. The zero-order chi connectivity index (χ0) is 15.2. The first-order valence-electron chi connectivity index (χ1n) is 6.14. The summed E-state index contributed by atoms with van der Waals surface area (Å²) in [7, 11) is 0. The molecule has 0 aliphatic carbocycles. The van der Waals surface area contributed by atoms with Crippen LogP contribution >= 0.6 is 11.6 Å². The van der Waals surface area contributed by atoms with Gasteiger partial charge < -0.3 is 5.32 Å². The minimum absolute atomic E-state index is 0.0489. The topological polar surface area (TPSA) is 114 Å². The van der Waals surface area contributed by atoms with E-state index in [9.17, 15) is 14.9 Å². The van der Waals surface area contributed by atoms with Crippen molar-refractivity contribution in [2.75, 3.05) is 6.54 Å². The highest BCUT2D eigenvalue weighted by Gasteiger charge is 2.20. The Bertz CT molecular complexity index is 644. The van der Waals surface area contributed by atoms with Crippen LogP contribution in [0.1, 0.15) is 22.6 Å². The molecule has 0 atom stereocenters. The van der Waals surface area contributed by atoms with Gasteiger partial charge in [-0.3, -0.25) is 20.0 Å². The zero-order valence-electron chi connectivity index (χ0n) is 10.9. The quantitative estimate of drug-likeness (QED) is 0.479. The van der Waals surface area contributed by atoms with Gasteiger partial charge in [0.1, 0.15) is 17.7 Å². The molecule has 0 saturated carbocycles. The van der Waals surface area contributed by atoms with Gasteiger partial charge >= 0.3 is 0 Å². The molecule has 0 saturated heterocycles. The lowest BCUT2D eigenvalue weighted by Gasteiger charge is -2.05. The van der Waals surface area contributed by atoms with E-state index in [0.29, 0.717) is 19.4 Å². The van der Waals surface area contributed by atoms with Crippen LogP contribution in [0.15, 0.2) is 24.5 Å². The second-order valence-electron chi connectivity index (χ2n) is 4.21. The van der Waals surface area contributed by atoms with Crippen LogP contribution in [0.4, 0.5) is 5.69 Å². The average Bonchev–Trinajstić information content (AvgIpc) is 2.96. The second-order valence-corrected chi connectivity index (χ2v) is 4.65. The van der Waals surface area contributed by atoms with Crippen molar-refractivity contribution in [1.29, 1.82) is 0 Å². The Hall–Kier alpha value is -2.48. The fourth-order valence-electron chi connectivity index (χ4n) is 1.75. The number of rotatable bonds is 6. The van der Waals surface area contributed by atoms with Crippen molar-refractivity contribution in [2.45, 2.75) is 12.8 Å². The van der Waals surface area contributed by atoms with E-state index in [0.717, 1.165) is 5.82 Å². The Kier molecular flexibility index (Phi) is 4.83. The summed E-state index contributed by atoms with van der Waals surface area (Å²) < 4.78 is 0. The lowest BCUT2D eigenvalue weighted by molar-refractivity contribution is -0.385. The fourth-order valence-corrected chi connectivity index (χ4v) is 1.93. The number of carbonyl (C=O) groups is 1. The molecule has 0 radical (unpaired) electrons. The third-order valence-electron chi connectivity index (χ3n) is 2.74. The maximum Gasteiger partial charge on any atom is 0.282 e. The Balaban J connectivity index is 1.93. The van der Waals surface area contributed by atoms with Crippen LogP contribution in [0.25, 0.3) is 0 Å². The molecule has 9 heteroatoms. The van der Waals surface area contributed by atoms with Crippen molar-refractivity contribution in [3.05, 3.63) is 51.1 Å². The van der Waals surface area contributed by atoms with Crippen molar-refractivity contribution in [2.24, 2.45) is 0 Å². The number of nitro groups is 1. The SMILES string of the molecule is O=C(NCCCc1ncn[nH]1)c1cc(Cl)ccc1[N+](=O)[O-]. The van der Waals surface area contributed by atoms with Gasteiger partial charge in [-0.05, 0) is 18.6 Å². The predicted molar refractivity (Wildman–Crippen MR) is 75.1 cm³/mol. The number of benzene rings is 1. The number of H-pyrrole nitrogens is 1. The molecule has 0 fully saturated rings. The highest BCUT2D eigenvalue weighted by molar-refractivity contribution is 6.31. The summed E-state index contributed by atoms with van der Waals surface area (Å²) in [4.78, 5) is 26.2. The zero-order valence-corrected chi connectivity index (χ0v) is 11.6. The first-order chi connectivity index (χ1) is 10.1. The monoisotopic (exact) mass is 309 g/mol. The first-order valence-corrected chi connectivity index (χ1v) is 6.52. The Labute approximate surface area is 124 Å². The molecule has 0 aliphatic rings. The number of hydrogen-bond donors (Lipinski definition) is 2. The molecule has 8 nitrogen and oxygen atoms in total. The van der Waals surface area contributed by atoms with Gasteiger partial charge in [-0.15, -0.1) is 0 Å². The predicted octanol–water partition coefficient (Wildman–Crippen LogP) is 1.73. The largest absolute Gasteiger partial charge is 0.352 e. The minimum atomic E-state index is -0.611. The molecule has 110 valence electrons. The normalized spacial score (nSPS) is 10.3. The molecule has 0 bridgehead atoms. The summed E-state index contributed by atoms with van der Waals surface area (Å²) in [6.45, 7) is 0.364. The minimum Gasteiger partial charge on any atom is -0.352 e. The number of hydrogen-bond acceptors (Lipinski definition) is 5. The third kappa shape index (κ3) is 3.99. The van der Waals surface area contributed by atoms with E-state index < -0.39 is 10.8 Å². The number of halogens is 1. The van der Waals surface area contributed by atoms with Crippen LogP contribution in [0.3, 0.4) is 0 Å². The Morgan fingerprint density at radius 2 is 2.29 bits per heavy atom. The maximum atomic E-state index is 12.0. The summed E-state index contributed by atoms with van der Waals surface area (Å²) in [5.74, 6) is 0.194. The molecule has 2 aromatic rings. The molecule has 1 amide bonds. The number of amides is 1. The van der Waals surface area contributed by atoms with Crippen molar-refractivity contribution in [3.8, 4) is 0 Å². The summed E-state index contributed by atoms with van der Waals surface area (Å²) >= 11 is 5.77. The van der Waals surface area contributed by atoms with Crippen molar-refractivity contribution >= 4 is 23.2 Å². The highest BCUT2D eigenvalue weighted by Crippen LogP contribution is 2.22. The number of nitrogens with one attached hydrogen (secondary N) is 2. The summed E-state index contributed by atoms with van der Waals surface area (Å²) in [6.07, 6.45) is 2.66. The Morgan fingerprint density at radius 3 is 2.95 bits per heavy atom. The van der Waals surface area contributed by atoms with Crippen LogP contribution in [-0.4, -0.2) is 32.6 Å². The smallest absolute Gasteiger partial charge is 0.282 e. The molecule has 0 aliphatic heterocycles. The van der Waals surface area contributed by atoms with Crippen molar-refractivity contribution < 1.29 is 9.72 Å². The molecule has 2 rings (SSSR count). The highest BCUT2D eigenvalue weighted by atomic mass is 35.5. The molecule has 0 unspecified atom stereocenters. The Morgan fingerprint density at radius 1 is 1.48 bits per heavy atom. The van der Waals surface area contributed by atoms with Gasteiger partial charge in [-0.2, -0.15) is 5.10 Å². The summed E-state index contributed by atoms with van der Waals surface area (Å²) in [5.41, 5.74) is -0.320. The van der Waals surface area contributed by atoms with Crippen molar-refractivity contribution in [1.82, 2.24) is 20.5 Å². The molecule has 1 heterocycles. The maximum absolute atomic E-state index is 12.0. The second kappa shape index (κ2) is 6.80. The van der Waals surface area contributed by atoms with Crippen LogP contribution in [0.2, 0.25) is 5.02 Å². The number of carbonyl (C=O) groups excluding carboxylic acids is 1. The van der Waals surface area contributed by atoms with Crippen molar-refractivity contribution in [3.63, 3.8) is 0 Å². The molecule has 21 heavy (non-hydrogen) atoms. The van der Waals surface area contributed by atoms with E-state index >= 15 is 0 Å². The van der Waals surface area contributed by atoms with E-state index in [1.54, 1.807) is 0 Å². The van der Waals surface area contributed by atoms with E-state index in [4.69, 9.17) is 11.6 Å². The van der Waals surface area contributed by atoms with Crippen LogP contribution < -0.4 is 5.32 Å². The number of aryl methyl sites for hydroxylation is 1. The van der Waals surface area contributed by atoms with E-state index in [1.807, 2.05) is 0 Å². The standard InChI is InChI=1S/C12H12ClN5O3/c13-8-3-4-10(18(20)21)9(6-8)12(19)14-5-1-2-11-15-7-16-17-11/h3-4,6-7H,1-2,5H2,(H,14,19)(H,15,16,17). The van der Waals surface area contributed by atoms with Gasteiger partial charge in [0.05, 0.1) is 4.92 Å². The van der Waals surface area contributed by atoms with Gasteiger partial charge in [-0.1, -0.05) is 11.6 Å². The van der Waals surface area contributed by atoms with E-state index in [1.165, 1.54) is 24.5 Å². The molecule has 2 N–H and O–H groups in total. The molecular formula is C12H12ClN5O3. The van der Waals surface area contributed by atoms with Gasteiger partial charge in [0.25, 0.3) is 11.6 Å². The molecule has 1 aromatic carbocycles. The van der Waals surface area contributed by atoms with Gasteiger partial charge in [0, 0.05) is 24.1 Å². The summed E-state index contributed by atoms with van der Waals surface area (Å²) in [5, 5.41) is 20.2.